The standard InChI is InChI=1S/C11H17N3O/c1-2-13-10-5-11(7-12-6-10)14-9-3-4-15-8-9/h5-7,9,13-14H,2-4,8H2,1H3. The summed E-state index contributed by atoms with van der Waals surface area (Å²) in [5.74, 6) is 0. The predicted octanol–water partition coefficient (Wildman–Crippen LogP) is 1.71. The third-order valence-electron chi connectivity index (χ3n) is 2.42. The Morgan fingerprint density at radius 1 is 1.47 bits per heavy atom. The predicted molar refractivity (Wildman–Crippen MR) is 61.2 cm³/mol. The summed E-state index contributed by atoms with van der Waals surface area (Å²) < 4.78 is 5.31. The van der Waals surface area contributed by atoms with E-state index in [1.807, 2.05) is 12.4 Å². The molecule has 0 amide bonds. The molecule has 1 fully saturated rings. The van der Waals surface area contributed by atoms with Gasteiger partial charge in [-0.3, -0.25) is 4.98 Å². The maximum absolute atomic E-state index is 5.31. The van der Waals surface area contributed by atoms with Gasteiger partial charge in [0.1, 0.15) is 0 Å². The Bertz CT molecular complexity index is 310. The van der Waals surface area contributed by atoms with Crippen molar-refractivity contribution in [1.82, 2.24) is 4.98 Å². The first kappa shape index (κ1) is 10.2. The first-order valence-electron chi connectivity index (χ1n) is 5.41. The summed E-state index contributed by atoms with van der Waals surface area (Å²) in [5.41, 5.74) is 2.12. The van der Waals surface area contributed by atoms with Crippen LogP contribution in [0.5, 0.6) is 0 Å². The number of pyridine rings is 1. The van der Waals surface area contributed by atoms with Crippen LogP contribution in [0.1, 0.15) is 13.3 Å². The van der Waals surface area contributed by atoms with Crippen LogP contribution in [0.2, 0.25) is 0 Å². The number of anilines is 2. The molecule has 1 aromatic rings. The molecule has 2 rings (SSSR count). The average molecular weight is 207 g/mol. The number of aromatic nitrogens is 1. The molecule has 1 aliphatic rings. The molecule has 82 valence electrons. The monoisotopic (exact) mass is 207 g/mol. The lowest BCUT2D eigenvalue weighted by molar-refractivity contribution is 0.195. The van der Waals surface area contributed by atoms with Crippen molar-refractivity contribution in [1.29, 1.82) is 0 Å². The van der Waals surface area contributed by atoms with Gasteiger partial charge in [-0.15, -0.1) is 0 Å². The van der Waals surface area contributed by atoms with Gasteiger partial charge in [0.15, 0.2) is 0 Å². The van der Waals surface area contributed by atoms with E-state index in [-0.39, 0.29) is 0 Å². The quantitative estimate of drug-likeness (QED) is 0.789. The van der Waals surface area contributed by atoms with Gasteiger partial charge in [0.2, 0.25) is 0 Å². The topological polar surface area (TPSA) is 46.2 Å². The zero-order valence-corrected chi connectivity index (χ0v) is 8.99. The highest BCUT2D eigenvalue weighted by atomic mass is 16.5. The van der Waals surface area contributed by atoms with Crippen LogP contribution >= 0.6 is 0 Å². The van der Waals surface area contributed by atoms with E-state index in [2.05, 4.69) is 28.6 Å². The summed E-state index contributed by atoms with van der Waals surface area (Å²) in [5, 5.41) is 6.65. The van der Waals surface area contributed by atoms with Gasteiger partial charge in [0, 0.05) is 13.2 Å². The highest BCUT2D eigenvalue weighted by molar-refractivity contribution is 5.54. The molecule has 1 atom stereocenters. The third kappa shape index (κ3) is 2.83. The molecule has 0 saturated carbocycles. The number of hydrogen-bond donors (Lipinski definition) is 2. The Balaban J connectivity index is 1.97. The fourth-order valence-electron chi connectivity index (χ4n) is 1.70. The van der Waals surface area contributed by atoms with Crippen LogP contribution in [-0.2, 0) is 4.74 Å². The SMILES string of the molecule is CCNc1cncc(NC2CCOC2)c1. The normalized spacial score (nSPS) is 20.2. The van der Waals surface area contributed by atoms with E-state index < -0.39 is 0 Å². The van der Waals surface area contributed by atoms with Crippen molar-refractivity contribution in [3.05, 3.63) is 18.5 Å². The first-order chi connectivity index (χ1) is 7.38. The smallest absolute Gasteiger partial charge is 0.0668 e. The molecule has 1 unspecified atom stereocenters. The maximum Gasteiger partial charge on any atom is 0.0668 e. The van der Waals surface area contributed by atoms with Gasteiger partial charge in [0.05, 0.1) is 36.4 Å². The van der Waals surface area contributed by atoms with Gasteiger partial charge in [-0.25, -0.2) is 0 Å². The molecule has 4 heteroatoms. The van der Waals surface area contributed by atoms with Crippen LogP contribution in [0.4, 0.5) is 11.4 Å². The maximum atomic E-state index is 5.31. The van der Waals surface area contributed by atoms with Crippen molar-refractivity contribution in [2.45, 2.75) is 19.4 Å². The van der Waals surface area contributed by atoms with Gasteiger partial charge < -0.3 is 15.4 Å². The van der Waals surface area contributed by atoms with Crippen molar-refractivity contribution in [2.75, 3.05) is 30.4 Å². The lowest BCUT2D eigenvalue weighted by Gasteiger charge is -2.12. The second-order valence-electron chi connectivity index (χ2n) is 3.70. The van der Waals surface area contributed by atoms with Crippen LogP contribution in [0, 0.1) is 0 Å². The summed E-state index contributed by atoms with van der Waals surface area (Å²) in [7, 11) is 0. The van der Waals surface area contributed by atoms with Crippen molar-refractivity contribution in [3.63, 3.8) is 0 Å². The Hall–Kier alpha value is -1.29. The molecule has 2 heterocycles. The minimum atomic E-state index is 0.434. The summed E-state index contributed by atoms with van der Waals surface area (Å²) in [4.78, 5) is 4.18. The lowest BCUT2D eigenvalue weighted by atomic mass is 10.2. The Labute approximate surface area is 90.0 Å². The van der Waals surface area contributed by atoms with Crippen LogP contribution in [-0.4, -0.2) is 30.8 Å². The highest BCUT2D eigenvalue weighted by Gasteiger charge is 2.14. The lowest BCUT2D eigenvalue weighted by Crippen LogP contribution is -2.19. The van der Waals surface area contributed by atoms with Crippen LogP contribution in [0.25, 0.3) is 0 Å². The van der Waals surface area contributed by atoms with E-state index in [9.17, 15) is 0 Å². The van der Waals surface area contributed by atoms with Crippen LogP contribution in [0.3, 0.4) is 0 Å². The number of rotatable bonds is 4. The summed E-state index contributed by atoms with van der Waals surface area (Å²) >= 11 is 0. The zero-order chi connectivity index (χ0) is 10.5. The largest absolute Gasteiger partial charge is 0.384 e. The molecule has 15 heavy (non-hydrogen) atoms. The van der Waals surface area contributed by atoms with Crippen LogP contribution < -0.4 is 10.6 Å². The summed E-state index contributed by atoms with van der Waals surface area (Å²) in [6.07, 6.45) is 4.75. The van der Waals surface area contributed by atoms with Crippen molar-refractivity contribution in [2.24, 2.45) is 0 Å². The second-order valence-corrected chi connectivity index (χ2v) is 3.70. The molecule has 1 aliphatic heterocycles. The van der Waals surface area contributed by atoms with Crippen LogP contribution in [0.15, 0.2) is 18.5 Å². The van der Waals surface area contributed by atoms with Gasteiger partial charge in [-0.2, -0.15) is 0 Å². The van der Waals surface area contributed by atoms with E-state index in [0.717, 1.165) is 37.6 Å². The molecular weight excluding hydrogens is 190 g/mol. The second kappa shape index (κ2) is 4.98. The minimum absolute atomic E-state index is 0.434. The molecule has 0 bridgehead atoms. The van der Waals surface area contributed by atoms with Crippen molar-refractivity contribution in [3.8, 4) is 0 Å². The Morgan fingerprint density at radius 2 is 2.33 bits per heavy atom. The number of ether oxygens (including phenoxy) is 1. The molecule has 0 radical (unpaired) electrons. The Morgan fingerprint density at radius 3 is 3.07 bits per heavy atom. The molecule has 1 saturated heterocycles. The van der Waals surface area contributed by atoms with E-state index in [1.54, 1.807) is 0 Å². The number of nitrogens with one attached hydrogen (secondary N) is 2. The first-order valence-corrected chi connectivity index (χ1v) is 5.41. The average Bonchev–Trinajstić information content (AvgIpc) is 2.71. The molecule has 1 aromatic heterocycles. The summed E-state index contributed by atoms with van der Waals surface area (Å²) in [6.45, 7) is 4.64. The van der Waals surface area contributed by atoms with E-state index in [1.165, 1.54) is 0 Å². The van der Waals surface area contributed by atoms with E-state index >= 15 is 0 Å². The fourth-order valence-corrected chi connectivity index (χ4v) is 1.70. The zero-order valence-electron chi connectivity index (χ0n) is 8.99. The molecule has 0 aromatic carbocycles. The van der Waals surface area contributed by atoms with Gasteiger partial charge >= 0.3 is 0 Å². The third-order valence-corrected chi connectivity index (χ3v) is 2.42. The fraction of sp³-hybridized carbons (Fsp3) is 0.545. The molecule has 0 aliphatic carbocycles. The van der Waals surface area contributed by atoms with Crippen molar-refractivity contribution < 1.29 is 4.74 Å². The number of nitrogens with zero attached hydrogens (tertiary/aromatic N) is 1. The Kier molecular flexibility index (Phi) is 3.40. The summed E-state index contributed by atoms with van der Waals surface area (Å²) in [6, 6.07) is 2.51. The van der Waals surface area contributed by atoms with E-state index in [4.69, 9.17) is 4.74 Å². The molecule has 2 N–H and O–H groups in total. The number of hydrogen-bond acceptors (Lipinski definition) is 4. The van der Waals surface area contributed by atoms with Gasteiger partial charge in [0.25, 0.3) is 0 Å². The van der Waals surface area contributed by atoms with Crippen molar-refractivity contribution >= 4 is 11.4 Å². The van der Waals surface area contributed by atoms with E-state index in [0.29, 0.717) is 6.04 Å². The van der Waals surface area contributed by atoms with Gasteiger partial charge in [-0.05, 0) is 19.4 Å². The molecule has 0 spiro atoms. The molecular formula is C11H17N3O. The minimum Gasteiger partial charge on any atom is -0.384 e. The molecule has 4 nitrogen and oxygen atoms in total. The highest BCUT2D eigenvalue weighted by Crippen LogP contribution is 2.16. The van der Waals surface area contributed by atoms with Gasteiger partial charge in [-0.1, -0.05) is 0 Å².